The number of hydrogen-bond acceptors (Lipinski definition) is 5. The molecule has 0 amide bonds. The molecule has 4 N–H and O–H groups in total. The molecule has 1 atom stereocenters. The Bertz CT molecular complexity index is 652. The summed E-state index contributed by atoms with van der Waals surface area (Å²) < 4.78 is 0. The van der Waals surface area contributed by atoms with E-state index < -0.39 is 5.97 Å². The van der Waals surface area contributed by atoms with E-state index in [1.807, 2.05) is 6.92 Å². The van der Waals surface area contributed by atoms with Crippen molar-refractivity contribution < 1.29 is 9.90 Å². The molecule has 1 unspecified atom stereocenters. The average molecular weight is 291 g/mol. The Balaban J connectivity index is 2.22. The molecule has 20 heavy (non-hydrogen) atoms. The predicted molar refractivity (Wildman–Crippen MR) is 81.4 cm³/mol. The van der Waals surface area contributed by atoms with Gasteiger partial charge in [-0.25, -0.2) is 9.78 Å². The quantitative estimate of drug-likeness (QED) is 0.805. The van der Waals surface area contributed by atoms with Gasteiger partial charge in [0.2, 0.25) is 0 Å². The lowest BCUT2D eigenvalue weighted by molar-refractivity contribution is 0.0696. The number of nitrogens with one attached hydrogen (secondary N) is 1. The smallest absolute Gasteiger partial charge is 0.337 e. The van der Waals surface area contributed by atoms with Crippen LogP contribution in [0.3, 0.4) is 0 Å². The molecule has 0 radical (unpaired) electrons. The number of carboxylic acids is 1. The lowest BCUT2D eigenvalue weighted by Gasteiger charge is -2.16. The molecule has 2 aromatic heterocycles. The van der Waals surface area contributed by atoms with Gasteiger partial charge in [0.25, 0.3) is 0 Å². The third-order valence-corrected chi connectivity index (χ3v) is 4.04. The van der Waals surface area contributed by atoms with E-state index in [1.54, 1.807) is 11.3 Å². The fourth-order valence-corrected chi connectivity index (χ4v) is 3.10. The number of carbonyl (C=O) groups is 1. The maximum Gasteiger partial charge on any atom is 0.337 e. The fourth-order valence-electron chi connectivity index (χ4n) is 2.08. The number of nitrogen functional groups attached to an aromatic ring is 1. The number of thiophene rings is 1. The van der Waals surface area contributed by atoms with Crippen molar-refractivity contribution in [3.8, 4) is 0 Å². The monoisotopic (exact) mass is 291 g/mol. The van der Waals surface area contributed by atoms with Crippen molar-refractivity contribution in [2.45, 2.75) is 26.8 Å². The highest BCUT2D eigenvalue weighted by Crippen LogP contribution is 2.29. The van der Waals surface area contributed by atoms with Gasteiger partial charge in [0.15, 0.2) is 0 Å². The predicted octanol–water partition coefficient (Wildman–Crippen LogP) is 3.21. The Labute approximate surface area is 121 Å². The van der Waals surface area contributed by atoms with Gasteiger partial charge in [-0.2, -0.15) is 0 Å². The molecular weight excluding hydrogens is 274 g/mol. The molecule has 6 heteroatoms. The summed E-state index contributed by atoms with van der Waals surface area (Å²) in [6, 6.07) is 3.61. The molecule has 0 aromatic carbocycles. The molecule has 0 aliphatic heterocycles. The van der Waals surface area contributed by atoms with E-state index in [-0.39, 0.29) is 11.6 Å². The minimum absolute atomic E-state index is 0.0606. The third kappa shape index (κ3) is 2.91. The van der Waals surface area contributed by atoms with Crippen LogP contribution in [0.2, 0.25) is 0 Å². The highest BCUT2D eigenvalue weighted by molar-refractivity contribution is 7.12. The summed E-state index contributed by atoms with van der Waals surface area (Å²) >= 11 is 1.75. The first-order valence-corrected chi connectivity index (χ1v) is 7.02. The van der Waals surface area contributed by atoms with Crippen molar-refractivity contribution in [3.05, 3.63) is 39.2 Å². The molecule has 5 nitrogen and oxygen atoms in total. The van der Waals surface area contributed by atoms with E-state index >= 15 is 0 Å². The van der Waals surface area contributed by atoms with Crippen LogP contribution in [0.4, 0.5) is 11.5 Å². The second-order valence-corrected chi connectivity index (χ2v) is 6.16. The van der Waals surface area contributed by atoms with Crippen LogP contribution < -0.4 is 11.1 Å². The molecule has 0 aliphatic rings. The van der Waals surface area contributed by atoms with Crippen molar-refractivity contribution in [1.82, 2.24) is 4.98 Å². The second kappa shape index (κ2) is 5.50. The number of nitrogens with zero attached hydrogens (tertiary/aromatic N) is 1. The Kier molecular flexibility index (Phi) is 3.94. The number of rotatable bonds is 4. The number of aromatic nitrogens is 1. The molecule has 2 rings (SSSR count). The standard InChI is InChI=1S/C14H17N3O2S/c1-7-4-11(9(3)20-7)8(2)17-13-12(15)5-10(6-16-13)14(18)19/h4-6,8H,15H2,1-3H3,(H,16,17)(H,18,19). The summed E-state index contributed by atoms with van der Waals surface area (Å²) in [5.41, 5.74) is 7.47. The average Bonchev–Trinajstić information content (AvgIpc) is 2.70. The Hall–Kier alpha value is -2.08. The molecule has 2 heterocycles. The maximum absolute atomic E-state index is 10.8. The molecule has 0 spiro atoms. The molecule has 0 bridgehead atoms. The first-order valence-electron chi connectivity index (χ1n) is 6.20. The van der Waals surface area contributed by atoms with E-state index in [0.717, 1.165) is 0 Å². The number of carboxylic acid groups (broad SMARTS) is 1. The van der Waals surface area contributed by atoms with E-state index in [9.17, 15) is 4.79 Å². The lowest BCUT2D eigenvalue weighted by Crippen LogP contribution is -2.11. The van der Waals surface area contributed by atoms with Crippen molar-refractivity contribution in [1.29, 1.82) is 0 Å². The first kappa shape index (κ1) is 14.3. The maximum atomic E-state index is 10.8. The normalized spacial score (nSPS) is 12.2. The van der Waals surface area contributed by atoms with Crippen LogP contribution in [0.5, 0.6) is 0 Å². The number of nitrogens with two attached hydrogens (primary N) is 1. The van der Waals surface area contributed by atoms with E-state index in [0.29, 0.717) is 11.5 Å². The molecule has 106 valence electrons. The Morgan fingerprint density at radius 1 is 1.45 bits per heavy atom. The summed E-state index contributed by atoms with van der Waals surface area (Å²) in [7, 11) is 0. The van der Waals surface area contributed by atoms with Gasteiger partial charge in [-0.3, -0.25) is 0 Å². The van der Waals surface area contributed by atoms with Crippen molar-refractivity contribution in [2.75, 3.05) is 11.1 Å². The minimum atomic E-state index is -1.03. The van der Waals surface area contributed by atoms with Crippen molar-refractivity contribution in [2.24, 2.45) is 0 Å². The summed E-state index contributed by atoms with van der Waals surface area (Å²) in [5, 5.41) is 12.1. The van der Waals surface area contributed by atoms with Gasteiger partial charge < -0.3 is 16.2 Å². The molecular formula is C14H17N3O2S. The molecule has 0 aliphatic carbocycles. The minimum Gasteiger partial charge on any atom is -0.478 e. The topological polar surface area (TPSA) is 88.2 Å². The molecule has 2 aromatic rings. The van der Waals surface area contributed by atoms with Gasteiger partial charge in [-0.15, -0.1) is 11.3 Å². The highest BCUT2D eigenvalue weighted by atomic mass is 32.1. The SMILES string of the molecule is Cc1cc(C(C)Nc2ncc(C(=O)O)cc2N)c(C)s1. The van der Waals surface area contributed by atoms with Crippen LogP contribution in [-0.4, -0.2) is 16.1 Å². The number of pyridine rings is 1. The largest absolute Gasteiger partial charge is 0.478 e. The Morgan fingerprint density at radius 2 is 2.15 bits per heavy atom. The lowest BCUT2D eigenvalue weighted by atomic mass is 10.1. The number of aryl methyl sites for hydroxylation is 2. The van der Waals surface area contributed by atoms with E-state index in [1.165, 1.54) is 27.6 Å². The summed E-state index contributed by atoms with van der Waals surface area (Å²) in [5.74, 6) is -0.529. The summed E-state index contributed by atoms with van der Waals surface area (Å²) in [4.78, 5) is 17.4. The van der Waals surface area contributed by atoms with Crippen LogP contribution in [0.15, 0.2) is 18.3 Å². The third-order valence-electron chi connectivity index (χ3n) is 3.06. The van der Waals surface area contributed by atoms with Crippen LogP contribution >= 0.6 is 11.3 Å². The van der Waals surface area contributed by atoms with Gasteiger partial charge >= 0.3 is 5.97 Å². The van der Waals surface area contributed by atoms with Crippen LogP contribution in [0.25, 0.3) is 0 Å². The van der Waals surface area contributed by atoms with Gasteiger partial charge in [0.1, 0.15) is 5.82 Å². The van der Waals surface area contributed by atoms with Gasteiger partial charge in [0.05, 0.1) is 17.3 Å². The number of aromatic carboxylic acids is 1. The molecule has 0 fully saturated rings. The van der Waals surface area contributed by atoms with Crippen molar-refractivity contribution >= 4 is 28.8 Å². The van der Waals surface area contributed by atoms with Gasteiger partial charge in [-0.05, 0) is 38.5 Å². The second-order valence-electron chi connectivity index (χ2n) is 4.70. The van der Waals surface area contributed by atoms with Gasteiger partial charge in [0, 0.05) is 16.0 Å². The highest BCUT2D eigenvalue weighted by Gasteiger charge is 2.14. The zero-order valence-corrected chi connectivity index (χ0v) is 12.4. The Morgan fingerprint density at radius 3 is 2.65 bits per heavy atom. The summed E-state index contributed by atoms with van der Waals surface area (Å²) in [6.45, 7) is 6.18. The van der Waals surface area contributed by atoms with E-state index in [4.69, 9.17) is 10.8 Å². The summed E-state index contributed by atoms with van der Waals surface area (Å²) in [6.07, 6.45) is 1.31. The molecule has 0 saturated carbocycles. The van der Waals surface area contributed by atoms with E-state index in [2.05, 4.69) is 30.2 Å². The van der Waals surface area contributed by atoms with Crippen LogP contribution in [0, 0.1) is 13.8 Å². The molecule has 0 saturated heterocycles. The number of hydrogen-bond donors (Lipinski definition) is 3. The first-order chi connectivity index (χ1) is 9.38. The van der Waals surface area contributed by atoms with Crippen LogP contribution in [-0.2, 0) is 0 Å². The van der Waals surface area contributed by atoms with Gasteiger partial charge in [-0.1, -0.05) is 0 Å². The zero-order valence-electron chi connectivity index (χ0n) is 11.6. The fraction of sp³-hybridized carbons (Fsp3) is 0.286. The van der Waals surface area contributed by atoms with Crippen molar-refractivity contribution in [3.63, 3.8) is 0 Å². The number of anilines is 2. The van der Waals surface area contributed by atoms with Crippen LogP contribution in [0.1, 0.15) is 38.6 Å². The zero-order chi connectivity index (χ0) is 14.9.